The summed E-state index contributed by atoms with van der Waals surface area (Å²) in [6.07, 6.45) is -0.516. The Morgan fingerprint density at radius 1 is 1.21 bits per heavy atom. The van der Waals surface area contributed by atoms with E-state index >= 15 is 0 Å². The predicted molar refractivity (Wildman–Crippen MR) is 138 cm³/mol. The van der Waals surface area contributed by atoms with Gasteiger partial charge >= 0.3 is 17.9 Å². The second-order valence-corrected chi connectivity index (χ2v) is 11.3. The van der Waals surface area contributed by atoms with Gasteiger partial charge in [-0.2, -0.15) is 0 Å². The second-order valence-electron chi connectivity index (χ2n) is 11.3. The fourth-order valence-corrected chi connectivity index (χ4v) is 6.52. The van der Waals surface area contributed by atoms with Gasteiger partial charge in [0.15, 0.2) is 0 Å². The third-order valence-electron chi connectivity index (χ3n) is 9.00. The minimum absolute atomic E-state index is 0.101. The van der Waals surface area contributed by atoms with Crippen molar-refractivity contribution < 1.29 is 43.5 Å². The Hall–Kier alpha value is -2.49. The Morgan fingerprint density at radius 2 is 1.84 bits per heavy atom. The summed E-state index contributed by atoms with van der Waals surface area (Å²) in [5, 5.41) is 22.8. The molecule has 1 saturated heterocycles. The highest BCUT2D eigenvalue weighted by Crippen LogP contribution is 2.67. The van der Waals surface area contributed by atoms with E-state index in [1.165, 1.54) is 19.9 Å². The van der Waals surface area contributed by atoms with Crippen molar-refractivity contribution in [1.82, 2.24) is 0 Å². The SMILES string of the molecule is C=CC(=C)[C@H](O)C[C@]1(C)[C@H](C)C[C@H](O)[C@@]23C(=C[C@@H](OC(=O)[C@H](C)CC)C[C@@H]12)[C@@H](OC(C)=O)O[C@H]3OC(C)=O. The first kappa shape index (κ1) is 30.1. The van der Waals surface area contributed by atoms with Crippen molar-refractivity contribution >= 4 is 17.9 Å². The predicted octanol–water partition coefficient (Wildman–Crippen LogP) is 3.59. The standard InChI is InChI=1S/C29H42O9/c1-9-15(3)22(32)14-28(8)17(5)11-24(33)29-21(26(35-18(6)30)38-27(29)36-19(7)31)12-20(13-23(28)29)37-25(34)16(4)10-2/h9,12,16-17,20,22-24,26-27,32-33H,1,3,10-11,13-14H2,2,4-8H3/t16-,17-,20-,22-,23+,24+,26+,27-,28-,29-/m1/s1. The normalized spacial score (nSPS) is 37.5. The summed E-state index contributed by atoms with van der Waals surface area (Å²) in [4.78, 5) is 37.0. The molecule has 0 aromatic heterocycles. The van der Waals surface area contributed by atoms with Crippen LogP contribution in [0.4, 0.5) is 0 Å². The third-order valence-corrected chi connectivity index (χ3v) is 9.00. The molecule has 10 atom stereocenters. The van der Waals surface area contributed by atoms with Crippen LogP contribution >= 0.6 is 0 Å². The van der Waals surface area contributed by atoms with Gasteiger partial charge in [-0.25, -0.2) is 0 Å². The average Bonchev–Trinajstić information content (AvgIpc) is 3.13. The highest BCUT2D eigenvalue weighted by molar-refractivity contribution is 5.72. The van der Waals surface area contributed by atoms with E-state index < -0.39 is 59.6 Å². The second kappa shape index (κ2) is 11.3. The van der Waals surface area contributed by atoms with Gasteiger partial charge in [-0.3, -0.25) is 19.1 Å². The van der Waals surface area contributed by atoms with Crippen LogP contribution in [0.2, 0.25) is 0 Å². The van der Waals surface area contributed by atoms with Crippen LogP contribution in [-0.4, -0.2) is 59.0 Å². The van der Waals surface area contributed by atoms with E-state index in [1.807, 2.05) is 20.8 Å². The van der Waals surface area contributed by atoms with Gasteiger partial charge < -0.3 is 24.4 Å². The fourth-order valence-electron chi connectivity index (χ4n) is 6.52. The Morgan fingerprint density at radius 3 is 2.39 bits per heavy atom. The number of carbonyl (C=O) groups is 3. The molecule has 2 fully saturated rings. The minimum atomic E-state index is -1.29. The monoisotopic (exact) mass is 534 g/mol. The number of esters is 3. The molecule has 0 aromatic rings. The lowest BCUT2D eigenvalue weighted by Gasteiger charge is -2.60. The maximum Gasteiger partial charge on any atom is 0.309 e. The van der Waals surface area contributed by atoms with Crippen LogP contribution in [0.1, 0.15) is 67.2 Å². The molecule has 1 heterocycles. The van der Waals surface area contributed by atoms with E-state index in [2.05, 4.69) is 13.2 Å². The average molecular weight is 535 g/mol. The van der Waals surface area contributed by atoms with Gasteiger partial charge in [0.1, 0.15) is 6.10 Å². The van der Waals surface area contributed by atoms with E-state index in [0.717, 1.165) is 0 Å². The topological polar surface area (TPSA) is 129 Å². The van der Waals surface area contributed by atoms with Crippen molar-refractivity contribution in [2.24, 2.45) is 28.6 Å². The molecule has 212 valence electrons. The molecule has 3 rings (SSSR count). The van der Waals surface area contributed by atoms with Crippen LogP contribution < -0.4 is 0 Å². The van der Waals surface area contributed by atoms with Crippen molar-refractivity contribution in [3.05, 3.63) is 36.5 Å². The molecular weight excluding hydrogens is 492 g/mol. The number of aliphatic hydroxyl groups excluding tert-OH is 2. The van der Waals surface area contributed by atoms with Crippen molar-refractivity contribution in [1.29, 1.82) is 0 Å². The maximum atomic E-state index is 12.8. The van der Waals surface area contributed by atoms with Crippen molar-refractivity contribution in [3.8, 4) is 0 Å². The quantitative estimate of drug-likeness (QED) is 0.197. The lowest BCUT2D eigenvalue weighted by Crippen LogP contribution is -2.63. The molecule has 1 aliphatic heterocycles. The zero-order valence-corrected chi connectivity index (χ0v) is 23.3. The largest absolute Gasteiger partial charge is 0.458 e. The van der Waals surface area contributed by atoms with Gasteiger partial charge in [-0.15, -0.1) is 0 Å². The zero-order chi connectivity index (χ0) is 28.6. The summed E-state index contributed by atoms with van der Waals surface area (Å²) in [5.74, 6) is -2.53. The molecule has 0 radical (unpaired) electrons. The smallest absolute Gasteiger partial charge is 0.309 e. The van der Waals surface area contributed by atoms with E-state index in [0.29, 0.717) is 24.0 Å². The van der Waals surface area contributed by atoms with Crippen LogP contribution in [0.3, 0.4) is 0 Å². The van der Waals surface area contributed by atoms with Crippen molar-refractivity contribution in [2.75, 3.05) is 0 Å². The van der Waals surface area contributed by atoms with Crippen LogP contribution in [0.5, 0.6) is 0 Å². The van der Waals surface area contributed by atoms with Gasteiger partial charge in [0.05, 0.1) is 23.5 Å². The van der Waals surface area contributed by atoms with Gasteiger partial charge in [0, 0.05) is 19.4 Å². The highest BCUT2D eigenvalue weighted by atomic mass is 16.8. The highest BCUT2D eigenvalue weighted by Gasteiger charge is 2.71. The number of ether oxygens (including phenoxy) is 4. The number of hydrogen-bond acceptors (Lipinski definition) is 9. The molecule has 1 spiro atoms. The molecule has 0 bridgehead atoms. The van der Waals surface area contributed by atoms with Crippen molar-refractivity contribution in [3.63, 3.8) is 0 Å². The summed E-state index contributed by atoms with van der Waals surface area (Å²) in [6, 6.07) is 0. The Balaban J connectivity index is 2.22. The summed E-state index contributed by atoms with van der Waals surface area (Å²) >= 11 is 0. The van der Waals surface area contributed by atoms with Crippen LogP contribution in [-0.2, 0) is 33.3 Å². The van der Waals surface area contributed by atoms with Crippen LogP contribution in [0, 0.1) is 28.6 Å². The molecule has 3 aliphatic rings. The maximum absolute atomic E-state index is 12.8. The van der Waals surface area contributed by atoms with Crippen LogP contribution in [0.15, 0.2) is 36.5 Å². The Labute approximate surface area is 224 Å². The molecule has 2 N–H and O–H groups in total. The molecule has 0 unspecified atom stereocenters. The molecule has 1 saturated carbocycles. The molecule has 9 nitrogen and oxygen atoms in total. The minimum Gasteiger partial charge on any atom is -0.458 e. The third kappa shape index (κ3) is 5.20. The van der Waals surface area contributed by atoms with Gasteiger partial charge in [0.25, 0.3) is 0 Å². The Kier molecular flexibility index (Phi) is 8.95. The van der Waals surface area contributed by atoms with E-state index in [9.17, 15) is 24.6 Å². The van der Waals surface area contributed by atoms with E-state index in [-0.39, 0.29) is 30.6 Å². The molecule has 0 aromatic carbocycles. The zero-order valence-electron chi connectivity index (χ0n) is 23.3. The Bertz CT molecular complexity index is 1000. The van der Waals surface area contributed by atoms with Gasteiger partial charge in [-0.1, -0.05) is 46.9 Å². The number of hydrogen-bond donors (Lipinski definition) is 2. The summed E-state index contributed by atoms with van der Waals surface area (Å²) in [6.45, 7) is 17.8. The lowest BCUT2D eigenvalue weighted by molar-refractivity contribution is -0.256. The first-order valence-electron chi connectivity index (χ1n) is 13.3. The van der Waals surface area contributed by atoms with Gasteiger partial charge in [0.2, 0.25) is 12.6 Å². The van der Waals surface area contributed by atoms with Crippen LogP contribution in [0.25, 0.3) is 0 Å². The fraction of sp³-hybridized carbons (Fsp3) is 0.690. The summed E-state index contributed by atoms with van der Waals surface area (Å²) in [7, 11) is 0. The van der Waals surface area contributed by atoms with E-state index in [1.54, 1.807) is 13.0 Å². The molecule has 9 heteroatoms. The summed E-state index contributed by atoms with van der Waals surface area (Å²) in [5.41, 5.74) is -1.10. The van der Waals surface area contributed by atoms with Crippen molar-refractivity contribution in [2.45, 2.75) is 98.1 Å². The number of rotatable bonds is 9. The van der Waals surface area contributed by atoms with E-state index in [4.69, 9.17) is 18.9 Å². The lowest BCUT2D eigenvalue weighted by atomic mass is 9.44. The van der Waals surface area contributed by atoms with Gasteiger partial charge in [-0.05, 0) is 54.6 Å². The molecule has 2 aliphatic carbocycles. The molecular formula is C29H42O9. The molecule has 0 amide bonds. The summed E-state index contributed by atoms with van der Waals surface area (Å²) < 4.78 is 23.1. The molecule has 38 heavy (non-hydrogen) atoms. The number of carbonyl (C=O) groups excluding carboxylic acids is 3. The number of aliphatic hydroxyl groups is 2. The first-order chi connectivity index (χ1) is 17.7. The first-order valence-corrected chi connectivity index (χ1v) is 13.3.